The van der Waals surface area contributed by atoms with Crippen molar-refractivity contribution >= 4 is 29.7 Å². The van der Waals surface area contributed by atoms with E-state index in [9.17, 15) is 19.2 Å². The lowest BCUT2D eigenvalue weighted by molar-refractivity contribution is 0.0725. The molecule has 0 aliphatic rings. The fraction of sp³-hybridized carbons (Fsp3) is 0. The summed E-state index contributed by atoms with van der Waals surface area (Å²) in [5.41, 5.74) is 0.911. The van der Waals surface area contributed by atoms with E-state index in [1.807, 2.05) is 0 Å². The number of ether oxygens (including phenoxy) is 8. The van der Waals surface area contributed by atoms with Gasteiger partial charge < -0.3 is 37.9 Å². The van der Waals surface area contributed by atoms with E-state index in [2.05, 4.69) is 19.9 Å². The zero-order chi connectivity index (χ0) is 44.0. The Labute approximate surface area is 355 Å². The maximum atomic E-state index is 12.8. The van der Waals surface area contributed by atoms with Gasteiger partial charge in [0.25, 0.3) is 12.5 Å². The number of rotatable bonds is 15. The number of benzene rings is 6. The van der Waals surface area contributed by atoms with Crippen molar-refractivity contribution in [2.45, 2.75) is 0 Å². The van der Waals surface area contributed by atoms with E-state index < -0.39 is 17.9 Å². The van der Waals surface area contributed by atoms with Crippen LogP contribution >= 0.6 is 0 Å². The molecule has 0 aliphatic heterocycles. The highest BCUT2D eigenvalue weighted by Gasteiger charge is 2.17. The summed E-state index contributed by atoms with van der Waals surface area (Å²) >= 11 is 0. The van der Waals surface area contributed by atoms with Crippen molar-refractivity contribution in [1.29, 1.82) is 10.5 Å². The first kappa shape index (κ1) is 41.3. The third kappa shape index (κ3) is 11.4. The Morgan fingerprint density at radius 2 is 0.667 bits per heavy atom. The number of hydrogen-bond donors (Lipinski definition) is 0. The van der Waals surface area contributed by atoms with Crippen molar-refractivity contribution in [2.24, 2.45) is 4.99 Å². The first-order valence-electron chi connectivity index (χ1n) is 18.0. The Bertz CT molecular complexity index is 2750. The summed E-state index contributed by atoms with van der Waals surface area (Å²) in [6, 6.07) is 34.5. The van der Waals surface area contributed by atoms with E-state index in [-0.39, 0.29) is 80.7 Å². The smallest absolute Gasteiger partial charge is 0.343 e. The molecular weight excluding hydrogens is 817 g/mol. The Hall–Kier alpha value is -9.90. The van der Waals surface area contributed by atoms with Gasteiger partial charge in [-0.2, -0.15) is 4.99 Å². The van der Waals surface area contributed by atoms with Crippen molar-refractivity contribution in [1.82, 2.24) is 15.0 Å². The first-order valence-corrected chi connectivity index (χ1v) is 18.0. The van der Waals surface area contributed by atoms with E-state index in [4.69, 9.17) is 48.4 Å². The van der Waals surface area contributed by atoms with Crippen molar-refractivity contribution in [2.75, 3.05) is 0 Å². The number of hydrogen-bond acceptors (Lipinski definition) is 18. The van der Waals surface area contributed by atoms with Crippen LogP contribution in [0.3, 0.4) is 0 Å². The predicted molar refractivity (Wildman–Crippen MR) is 214 cm³/mol. The number of nitrogens with zero attached hydrogens (tertiary/aromatic N) is 6. The van der Waals surface area contributed by atoms with E-state index in [1.165, 1.54) is 152 Å². The van der Waals surface area contributed by atoms with E-state index in [1.54, 1.807) is 12.5 Å². The summed E-state index contributed by atoms with van der Waals surface area (Å²) in [5.74, 6) is -0.133. The quantitative estimate of drug-likeness (QED) is 0.0308. The zero-order valence-corrected chi connectivity index (χ0v) is 31.9. The molecule has 18 nitrogen and oxygen atoms in total. The molecule has 0 fully saturated rings. The van der Waals surface area contributed by atoms with Crippen LogP contribution in [0.1, 0.15) is 31.1 Å². The molecule has 0 atom stereocenters. The molecule has 0 amide bonds. The van der Waals surface area contributed by atoms with Crippen LogP contribution in [-0.4, -0.2) is 38.9 Å². The topological polar surface area (TPSA) is 241 Å². The van der Waals surface area contributed by atoms with E-state index >= 15 is 0 Å². The lowest BCUT2D eigenvalue weighted by atomic mass is 10.2. The molecule has 306 valence electrons. The van der Waals surface area contributed by atoms with Crippen LogP contribution in [0.25, 0.3) is 0 Å². The van der Waals surface area contributed by atoms with Gasteiger partial charge in [0.05, 0.1) is 22.4 Å². The average Bonchev–Trinajstić information content (AvgIpc) is 3.29. The summed E-state index contributed by atoms with van der Waals surface area (Å²) in [7, 11) is 0. The largest absolute Gasteiger partial charge is 0.424 e. The summed E-state index contributed by atoms with van der Waals surface area (Å²) < 4.78 is 43.3. The van der Waals surface area contributed by atoms with Gasteiger partial charge in [-0.15, -0.1) is 25.5 Å². The van der Waals surface area contributed by atoms with Crippen LogP contribution < -0.4 is 37.9 Å². The molecule has 1 aromatic heterocycles. The van der Waals surface area contributed by atoms with Gasteiger partial charge in [-0.25, -0.2) is 19.2 Å². The molecular formula is C45H24N6O12. The Kier molecular flexibility index (Phi) is 12.9. The maximum absolute atomic E-state index is 12.8. The molecule has 0 unspecified atom stereocenters. The highest BCUT2D eigenvalue weighted by molar-refractivity contribution is 5.92. The molecule has 6 aromatic carbocycles. The van der Waals surface area contributed by atoms with Crippen LogP contribution in [0.15, 0.2) is 151 Å². The van der Waals surface area contributed by atoms with Crippen LogP contribution in [-0.2, 0) is 4.79 Å². The molecule has 0 bridgehead atoms. The van der Waals surface area contributed by atoms with E-state index in [0.29, 0.717) is 5.69 Å². The van der Waals surface area contributed by atoms with Gasteiger partial charge in [-0.1, -0.05) is 0 Å². The van der Waals surface area contributed by atoms with Crippen LogP contribution in [0.5, 0.6) is 64.0 Å². The molecule has 7 aromatic rings. The number of carbonyl (C=O) groups excluding carboxylic acids is 4. The lowest BCUT2D eigenvalue weighted by Crippen LogP contribution is -2.08. The standard InChI is InChI=1S/C45H24N6O12/c46-25-56-32-17-21-35(22-18-32)59-41(54)29-3-11-38(12-4-29)62-44-49-43(61-37-9-1-28(2-10-37)40(53)58-34-15-7-31(8-16-34)48-27-52)50-45(51-44)63-39-13-5-30(6-14-39)42(55)60-36-23-19-33(20-24-36)57-26-47/h1-24H. The third-order valence-corrected chi connectivity index (χ3v) is 8.09. The van der Waals surface area contributed by atoms with Gasteiger partial charge in [0, 0.05) is 0 Å². The fourth-order valence-corrected chi connectivity index (χ4v) is 5.15. The number of aromatic nitrogens is 3. The monoisotopic (exact) mass is 840 g/mol. The molecule has 0 radical (unpaired) electrons. The third-order valence-electron chi connectivity index (χ3n) is 8.09. The van der Waals surface area contributed by atoms with Gasteiger partial charge >= 0.3 is 35.9 Å². The molecule has 63 heavy (non-hydrogen) atoms. The molecule has 0 saturated heterocycles. The van der Waals surface area contributed by atoms with Crippen molar-refractivity contribution in [3.8, 4) is 76.5 Å². The van der Waals surface area contributed by atoms with Gasteiger partial charge in [0.2, 0.25) is 6.08 Å². The average molecular weight is 841 g/mol. The molecule has 0 N–H and O–H groups in total. The van der Waals surface area contributed by atoms with Crippen LogP contribution in [0.4, 0.5) is 5.69 Å². The Balaban J connectivity index is 1.06. The summed E-state index contributed by atoms with van der Waals surface area (Å²) in [4.78, 5) is 65.1. The SMILES string of the molecule is N#COc1ccc(OC(=O)c2ccc(Oc3nc(Oc4ccc(C(=O)Oc5ccc(N=C=O)cc5)cc4)nc(Oc4ccc(C(=O)Oc5ccc(OC#N)cc5)cc4)n3)cc2)cc1. The highest BCUT2D eigenvalue weighted by atomic mass is 16.6. The summed E-state index contributed by atoms with van der Waals surface area (Å²) in [5, 5.41) is 17.3. The number of aliphatic imine (C=N–C) groups is 1. The minimum absolute atomic E-state index is 0.187. The van der Waals surface area contributed by atoms with Crippen LogP contribution in [0, 0.1) is 23.0 Å². The molecule has 1 heterocycles. The second-order valence-electron chi connectivity index (χ2n) is 12.3. The van der Waals surface area contributed by atoms with Crippen molar-refractivity contribution in [3.63, 3.8) is 0 Å². The second kappa shape index (κ2) is 19.7. The van der Waals surface area contributed by atoms with Gasteiger partial charge in [0.1, 0.15) is 46.0 Å². The molecule has 7 rings (SSSR count). The number of esters is 3. The Morgan fingerprint density at radius 1 is 0.397 bits per heavy atom. The minimum Gasteiger partial charge on any atom is -0.424 e. The van der Waals surface area contributed by atoms with Crippen molar-refractivity contribution in [3.05, 3.63) is 162 Å². The lowest BCUT2D eigenvalue weighted by Gasteiger charge is -2.11. The van der Waals surface area contributed by atoms with Gasteiger partial charge in [-0.05, 0) is 146 Å². The number of isocyanates is 1. The zero-order valence-electron chi connectivity index (χ0n) is 31.9. The molecule has 0 saturated carbocycles. The summed E-state index contributed by atoms with van der Waals surface area (Å²) in [6.45, 7) is 0. The second-order valence-corrected chi connectivity index (χ2v) is 12.3. The van der Waals surface area contributed by atoms with Gasteiger partial charge in [0.15, 0.2) is 0 Å². The predicted octanol–water partition coefficient (Wildman–Crippen LogP) is 8.59. The van der Waals surface area contributed by atoms with Gasteiger partial charge in [-0.3, -0.25) is 0 Å². The first-order chi connectivity index (χ1) is 30.7. The fourth-order valence-electron chi connectivity index (χ4n) is 5.15. The Morgan fingerprint density at radius 3 is 0.952 bits per heavy atom. The molecule has 0 aliphatic carbocycles. The minimum atomic E-state index is -0.667. The normalized spacial score (nSPS) is 10.1. The van der Waals surface area contributed by atoms with Crippen molar-refractivity contribution < 1.29 is 57.1 Å². The molecule has 18 heteroatoms. The van der Waals surface area contributed by atoms with E-state index in [0.717, 1.165) is 0 Å². The maximum Gasteiger partial charge on any atom is 0.343 e. The van der Waals surface area contributed by atoms with Crippen LogP contribution in [0.2, 0.25) is 0 Å². The highest BCUT2D eigenvalue weighted by Crippen LogP contribution is 2.29. The molecule has 0 spiro atoms. The number of nitriles is 2. The number of carbonyl (C=O) groups is 3. The summed E-state index contributed by atoms with van der Waals surface area (Å²) in [6.07, 6.45) is 4.55.